The van der Waals surface area contributed by atoms with Crippen LogP contribution in [-0.4, -0.2) is 33.5 Å². The number of hydrogen-bond acceptors (Lipinski definition) is 5. The molecule has 0 heterocycles. The molecule has 1 N–H and O–H groups in total. The number of hydrogen-bond donors (Lipinski definition) is 1. The summed E-state index contributed by atoms with van der Waals surface area (Å²) < 4.78 is 22.0. The molecule has 0 saturated heterocycles. The minimum absolute atomic E-state index is 0.642. The topological polar surface area (TPSA) is 57.2 Å². The Morgan fingerprint density at radius 1 is 0.828 bits per heavy atom. The van der Waals surface area contributed by atoms with E-state index in [1.807, 2.05) is 37.3 Å². The van der Waals surface area contributed by atoms with Crippen LogP contribution in [0.15, 0.2) is 36.4 Å². The van der Waals surface area contributed by atoms with Gasteiger partial charge in [-0.15, -0.1) is 0 Å². The minimum Gasteiger partial charge on any atom is -0.493 e. The second-order valence-electron chi connectivity index (χ2n) is 7.35. The van der Waals surface area contributed by atoms with Crippen LogP contribution in [0.5, 0.6) is 23.0 Å². The van der Waals surface area contributed by atoms with Crippen LogP contribution < -0.4 is 18.9 Å². The fourth-order valence-electron chi connectivity index (χ4n) is 4.35. The van der Waals surface area contributed by atoms with Crippen molar-refractivity contribution in [3.8, 4) is 34.1 Å². The zero-order chi connectivity index (χ0) is 20.8. The molecule has 0 spiro atoms. The maximum absolute atomic E-state index is 11.2. The Bertz CT molecular complexity index is 1090. The second kappa shape index (κ2) is 7.16. The van der Waals surface area contributed by atoms with Crippen LogP contribution in [0.1, 0.15) is 24.5 Å². The van der Waals surface area contributed by atoms with Crippen LogP contribution in [0.2, 0.25) is 0 Å². The van der Waals surface area contributed by atoms with Crippen LogP contribution >= 0.6 is 0 Å². The predicted molar refractivity (Wildman–Crippen MR) is 113 cm³/mol. The van der Waals surface area contributed by atoms with Crippen molar-refractivity contribution in [1.29, 1.82) is 0 Å². The first-order valence-electron chi connectivity index (χ1n) is 9.66. The normalized spacial score (nSPS) is 17.4. The van der Waals surface area contributed by atoms with E-state index in [-0.39, 0.29) is 0 Å². The van der Waals surface area contributed by atoms with E-state index in [9.17, 15) is 5.11 Å². The predicted octanol–water partition coefficient (Wildman–Crippen LogP) is 4.69. The molecule has 29 heavy (non-hydrogen) atoms. The van der Waals surface area contributed by atoms with Gasteiger partial charge in [0.15, 0.2) is 23.0 Å². The maximum Gasteiger partial charge on any atom is 0.161 e. The number of fused-ring (bicyclic) bond motifs is 2. The molecule has 3 aromatic carbocycles. The number of methoxy groups -OCH3 is 4. The largest absolute Gasteiger partial charge is 0.493 e. The lowest BCUT2D eigenvalue weighted by molar-refractivity contribution is 0.00963. The first-order chi connectivity index (χ1) is 14.0. The molecule has 1 aliphatic carbocycles. The SMILES string of the molecule is CCC1(O)Cc2cc3cc(OC)c(OC)cc3c(-c3ccc(OC)c(OC)c3)c21. The monoisotopic (exact) mass is 394 g/mol. The van der Waals surface area contributed by atoms with Gasteiger partial charge in [-0.05, 0) is 63.7 Å². The highest BCUT2D eigenvalue weighted by molar-refractivity contribution is 6.02. The van der Waals surface area contributed by atoms with Gasteiger partial charge in [0.2, 0.25) is 0 Å². The van der Waals surface area contributed by atoms with E-state index >= 15 is 0 Å². The van der Waals surface area contributed by atoms with Gasteiger partial charge in [0.25, 0.3) is 0 Å². The van der Waals surface area contributed by atoms with Gasteiger partial charge in [0.1, 0.15) is 0 Å². The average Bonchev–Trinajstić information content (AvgIpc) is 2.75. The van der Waals surface area contributed by atoms with E-state index in [2.05, 4.69) is 6.07 Å². The Morgan fingerprint density at radius 3 is 2.07 bits per heavy atom. The molecule has 0 fully saturated rings. The zero-order valence-corrected chi connectivity index (χ0v) is 17.5. The van der Waals surface area contributed by atoms with Crippen molar-refractivity contribution in [3.63, 3.8) is 0 Å². The third-order valence-corrected chi connectivity index (χ3v) is 5.93. The maximum atomic E-state index is 11.2. The molecule has 0 amide bonds. The van der Waals surface area contributed by atoms with Crippen molar-refractivity contribution in [2.75, 3.05) is 28.4 Å². The van der Waals surface area contributed by atoms with Crippen LogP contribution in [0.3, 0.4) is 0 Å². The van der Waals surface area contributed by atoms with Crippen LogP contribution in [-0.2, 0) is 12.0 Å². The lowest BCUT2D eigenvalue weighted by atomic mass is 9.67. The summed E-state index contributed by atoms with van der Waals surface area (Å²) in [6.45, 7) is 2.01. The van der Waals surface area contributed by atoms with Crippen molar-refractivity contribution in [1.82, 2.24) is 0 Å². The summed E-state index contributed by atoms with van der Waals surface area (Å²) in [5, 5.41) is 13.3. The summed E-state index contributed by atoms with van der Waals surface area (Å²) in [5.74, 6) is 2.65. The van der Waals surface area contributed by atoms with Crippen molar-refractivity contribution in [2.45, 2.75) is 25.4 Å². The van der Waals surface area contributed by atoms with Gasteiger partial charge >= 0.3 is 0 Å². The number of aliphatic hydroxyl groups is 1. The van der Waals surface area contributed by atoms with E-state index in [4.69, 9.17) is 18.9 Å². The molecule has 1 unspecified atom stereocenters. The van der Waals surface area contributed by atoms with Crippen LogP contribution in [0.25, 0.3) is 21.9 Å². The standard InChI is InChI=1S/C24H26O5/c1-6-24(25)13-16-9-15-11-20(28-4)21(29-5)12-17(15)22(23(16)24)14-7-8-18(26-2)19(10-14)27-3/h7-12,25H,6,13H2,1-5H3. The van der Waals surface area contributed by atoms with Gasteiger partial charge in [-0.2, -0.15) is 0 Å². The van der Waals surface area contributed by atoms with Crippen molar-refractivity contribution in [3.05, 3.63) is 47.5 Å². The molecule has 0 radical (unpaired) electrons. The van der Waals surface area contributed by atoms with Crippen LogP contribution in [0.4, 0.5) is 0 Å². The molecular formula is C24H26O5. The second-order valence-corrected chi connectivity index (χ2v) is 7.35. The highest BCUT2D eigenvalue weighted by Crippen LogP contribution is 2.52. The molecule has 0 aliphatic heterocycles. The molecule has 4 rings (SSSR count). The van der Waals surface area contributed by atoms with Gasteiger partial charge < -0.3 is 24.1 Å². The minimum atomic E-state index is -0.834. The summed E-state index contributed by atoms with van der Waals surface area (Å²) in [5.41, 5.74) is 3.25. The van der Waals surface area contributed by atoms with Crippen molar-refractivity contribution in [2.24, 2.45) is 0 Å². The molecular weight excluding hydrogens is 368 g/mol. The third-order valence-electron chi connectivity index (χ3n) is 5.93. The van der Waals surface area contributed by atoms with Gasteiger partial charge in [-0.25, -0.2) is 0 Å². The van der Waals surface area contributed by atoms with Gasteiger partial charge in [-0.3, -0.25) is 0 Å². The zero-order valence-electron chi connectivity index (χ0n) is 17.5. The molecule has 0 saturated carbocycles. The summed E-state index contributed by atoms with van der Waals surface area (Å²) in [7, 11) is 6.51. The lowest BCUT2D eigenvalue weighted by Crippen LogP contribution is -2.38. The molecule has 1 aliphatic rings. The Kier molecular flexibility index (Phi) is 4.79. The summed E-state index contributed by atoms with van der Waals surface area (Å²) in [6.07, 6.45) is 1.29. The number of ether oxygens (including phenoxy) is 4. The van der Waals surface area contributed by atoms with E-state index in [1.165, 1.54) is 0 Å². The molecule has 3 aromatic rings. The molecule has 5 nitrogen and oxygen atoms in total. The Labute approximate surface area is 170 Å². The van der Waals surface area contributed by atoms with Gasteiger partial charge in [0, 0.05) is 6.42 Å². The summed E-state index contributed by atoms with van der Waals surface area (Å²) >= 11 is 0. The fraction of sp³-hybridized carbons (Fsp3) is 0.333. The van der Waals surface area contributed by atoms with Gasteiger partial charge in [-0.1, -0.05) is 19.1 Å². The molecule has 5 heteroatoms. The highest BCUT2D eigenvalue weighted by atomic mass is 16.5. The third kappa shape index (κ3) is 2.88. The van der Waals surface area contributed by atoms with Gasteiger partial charge in [0.05, 0.1) is 34.0 Å². The molecule has 152 valence electrons. The van der Waals surface area contributed by atoms with E-state index in [0.29, 0.717) is 35.8 Å². The Balaban J connectivity index is 2.08. The molecule has 0 aromatic heterocycles. The van der Waals surface area contributed by atoms with Crippen LogP contribution in [0, 0.1) is 0 Å². The van der Waals surface area contributed by atoms with Crippen molar-refractivity contribution >= 4 is 10.8 Å². The Morgan fingerprint density at radius 2 is 1.45 bits per heavy atom. The molecule has 0 bridgehead atoms. The number of benzene rings is 3. The quantitative estimate of drug-likeness (QED) is 0.657. The number of rotatable bonds is 6. The fourth-order valence-corrected chi connectivity index (χ4v) is 4.35. The van der Waals surface area contributed by atoms with Crippen molar-refractivity contribution < 1.29 is 24.1 Å². The van der Waals surface area contributed by atoms with E-state index < -0.39 is 5.60 Å². The highest BCUT2D eigenvalue weighted by Gasteiger charge is 2.42. The smallest absolute Gasteiger partial charge is 0.161 e. The first-order valence-corrected chi connectivity index (χ1v) is 9.66. The first kappa shape index (κ1) is 19.4. The Hall–Kier alpha value is -2.92. The summed E-state index contributed by atoms with van der Waals surface area (Å²) in [4.78, 5) is 0. The summed E-state index contributed by atoms with van der Waals surface area (Å²) in [6, 6.07) is 12.0. The molecule has 1 atom stereocenters. The lowest BCUT2D eigenvalue weighted by Gasteiger charge is -2.41. The van der Waals surface area contributed by atoms with E-state index in [1.54, 1.807) is 28.4 Å². The average molecular weight is 394 g/mol. The van der Waals surface area contributed by atoms with E-state index in [0.717, 1.165) is 33.0 Å².